The number of nitrogens with zero attached hydrogens (tertiary/aromatic N) is 2. The largest absolute Gasteiger partial charge is 0.335 e. The summed E-state index contributed by atoms with van der Waals surface area (Å²) in [5, 5.41) is 5.83. The molecule has 1 aromatic carbocycles. The second-order valence-electron chi connectivity index (χ2n) is 6.68. The van der Waals surface area contributed by atoms with E-state index in [0.717, 1.165) is 57.7 Å². The Labute approximate surface area is 143 Å². The lowest BCUT2D eigenvalue weighted by molar-refractivity contribution is -0.114. The monoisotopic (exact) mass is 330 g/mol. The first kappa shape index (κ1) is 16.8. The highest BCUT2D eigenvalue weighted by molar-refractivity contribution is 5.88. The van der Waals surface area contributed by atoms with Crippen molar-refractivity contribution >= 4 is 17.6 Å². The zero-order valence-corrected chi connectivity index (χ0v) is 14.3. The van der Waals surface area contributed by atoms with Gasteiger partial charge in [0.25, 0.3) is 0 Å². The van der Waals surface area contributed by atoms with Crippen molar-refractivity contribution in [3.8, 4) is 0 Å². The fourth-order valence-corrected chi connectivity index (χ4v) is 2.91. The van der Waals surface area contributed by atoms with Crippen LogP contribution < -0.4 is 10.6 Å². The lowest BCUT2D eigenvalue weighted by atomic mass is 10.1. The Bertz CT molecular complexity index is 575. The van der Waals surface area contributed by atoms with Crippen LogP contribution in [0.5, 0.6) is 0 Å². The van der Waals surface area contributed by atoms with Crippen molar-refractivity contribution in [2.75, 3.05) is 38.0 Å². The van der Waals surface area contributed by atoms with Gasteiger partial charge in [0, 0.05) is 51.4 Å². The van der Waals surface area contributed by atoms with E-state index < -0.39 is 0 Å². The molecule has 1 saturated heterocycles. The number of piperazine rings is 1. The van der Waals surface area contributed by atoms with Gasteiger partial charge in [0.15, 0.2) is 0 Å². The molecule has 2 aliphatic rings. The highest BCUT2D eigenvalue weighted by atomic mass is 16.2. The molecule has 0 bridgehead atoms. The Kier molecular flexibility index (Phi) is 5.35. The van der Waals surface area contributed by atoms with Gasteiger partial charge in [-0.2, -0.15) is 0 Å². The summed E-state index contributed by atoms with van der Waals surface area (Å²) in [7, 11) is 0. The molecule has 6 heteroatoms. The molecule has 1 heterocycles. The predicted octanol–water partition coefficient (Wildman–Crippen LogP) is 1.68. The topological polar surface area (TPSA) is 64.7 Å². The minimum Gasteiger partial charge on any atom is -0.335 e. The van der Waals surface area contributed by atoms with Crippen molar-refractivity contribution in [2.24, 2.45) is 0 Å². The van der Waals surface area contributed by atoms with Crippen LogP contribution in [0.15, 0.2) is 24.3 Å². The third-order valence-electron chi connectivity index (χ3n) is 4.56. The Morgan fingerprint density at radius 3 is 2.33 bits per heavy atom. The maximum Gasteiger partial charge on any atom is 0.317 e. The third-order valence-corrected chi connectivity index (χ3v) is 4.56. The number of hydrogen-bond donors (Lipinski definition) is 2. The summed E-state index contributed by atoms with van der Waals surface area (Å²) < 4.78 is 0. The first-order valence-corrected chi connectivity index (χ1v) is 8.74. The van der Waals surface area contributed by atoms with Gasteiger partial charge < -0.3 is 15.5 Å². The molecule has 3 amide bonds. The predicted molar refractivity (Wildman–Crippen MR) is 94.0 cm³/mol. The van der Waals surface area contributed by atoms with E-state index in [-0.39, 0.29) is 11.9 Å². The van der Waals surface area contributed by atoms with Crippen molar-refractivity contribution < 1.29 is 9.59 Å². The minimum atomic E-state index is -0.0497. The maximum atomic E-state index is 12.0. The van der Waals surface area contributed by atoms with Gasteiger partial charge >= 0.3 is 6.03 Å². The van der Waals surface area contributed by atoms with Gasteiger partial charge in [-0.1, -0.05) is 12.1 Å². The molecule has 1 saturated carbocycles. The number of nitrogens with one attached hydrogen (secondary N) is 2. The summed E-state index contributed by atoms with van der Waals surface area (Å²) in [6.45, 7) is 5.99. The van der Waals surface area contributed by atoms with Crippen LogP contribution in [0.1, 0.15) is 25.3 Å². The van der Waals surface area contributed by atoms with Gasteiger partial charge in [-0.15, -0.1) is 0 Å². The zero-order valence-electron chi connectivity index (χ0n) is 14.3. The van der Waals surface area contributed by atoms with E-state index >= 15 is 0 Å². The molecule has 2 fully saturated rings. The highest BCUT2D eigenvalue weighted by Crippen LogP contribution is 2.19. The summed E-state index contributed by atoms with van der Waals surface area (Å²) in [4.78, 5) is 27.4. The van der Waals surface area contributed by atoms with Crippen LogP contribution in [0.25, 0.3) is 0 Å². The lowest BCUT2D eigenvalue weighted by Gasteiger charge is -2.34. The quantitative estimate of drug-likeness (QED) is 0.863. The van der Waals surface area contributed by atoms with E-state index in [1.54, 1.807) is 0 Å². The van der Waals surface area contributed by atoms with Crippen LogP contribution in [-0.4, -0.2) is 60.5 Å². The molecule has 6 nitrogen and oxygen atoms in total. The first-order valence-electron chi connectivity index (χ1n) is 8.74. The van der Waals surface area contributed by atoms with Gasteiger partial charge in [-0.05, 0) is 37.0 Å². The fraction of sp³-hybridized carbons (Fsp3) is 0.556. The van der Waals surface area contributed by atoms with Crippen LogP contribution in [0.4, 0.5) is 10.5 Å². The Balaban J connectivity index is 1.38. The molecule has 0 unspecified atom stereocenters. The molecule has 130 valence electrons. The summed E-state index contributed by atoms with van der Waals surface area (Å²) in [5.41, 5.74) is 2.10. The maximum absolute atomic E-state index is 12.0. The fourth-order valence-electron chi connectivity index (χ4n) is 2.91. The zero-order chi connectivity index (χ0) is 16.9. The average Bonchev–Trinajstić information content (AvgIpc) is 3.38. The molecule has 1 aliphatic carbocycles. The van der Waals surface area contributed by atoms with Gasteiger partial charge in [-0.25, -0.2) is 4.79 Å². The standard InChI is InChI=1S/C18H26N4O2/c1-14(23)19-16-4-2-15(3-5-16)8-9-21-10-12-22(13-11-21)18(24)20-17-6-7-17/h2-5,17H,6-13H2,1H3,(H,19,23)(H,20,24). The summed E-state index contributed by atoms with van der Waals surface area (Å²) in [6.07, 6.45) is 3.24. The van der Waals surface area contributed by atoms with E-state index in [2.05, 4.69) is 27.7 Å². The van der Waals surface area contributed by atoms with Crippen LogP contribution in [0.2, 0.25) is 0 Å². The van der Waals surface area contributed by atoms with Crippen LogP contribution in [-0.2, 0) is 11.2 Å². The molecule has 0 atom stereocenters. The van der Waals surface area contributed by atoms with Crippen molar-refractivity contribution in [3.63, 3.8) is 0 Å². The number of anilines is 1. The first-order chi connectivity index (χ1) is 11.6. The van der Waals surface area contributed by atoms with Crippen molar-refractivity contribution in [2.45, 2.75) is 32.2 Å². The Morgan fingerprint density at radius 2 is 1.75 bits per heavy atom. The molecule has 1 aliphatic heterocycles. The van der Waals surface area contributed by atoms with Crippen LogP contribution >= 0.6 is 0 Å². The molecule has 0 radical (unpaired) electrons. The minimum absolute atomic E-state index is 0.0497. The molecule has 1 aromatic rings. The van der Waals surface area contributed by atoms with Gasteiger partial charge in [0.2, 0.25) is 5.91 Å². The summed E-state index contributed by atoms with van der Waals surface area (Å²) in [6, 6.07) is 8.53. The smallest absolute Gasteiger partial charge is 0.317 e. The number of rotatable bonds is 5. The second-order valence-corrected chi connectivity index (χ2v) is 6.68. The van der Waals surface area contributed by atoms with E-state index in [0.29, 0.717) is 6.04 Å². The van der Waals surface area contributed by atoms with Crippen LogP contribution in [0.3, 0.4) is 0 Å². The summed E-state index contributed by atoms with van der Waals surface area (Å²) >= 11 is 0. The van der Waals surface area contributed by atoms with Crippen LogP contribution in [0, 0.1) is 0 Å². The highest BCUT2D eigenvalue weighted by Gasteiger charge is 2.27. The van der Waals surface area contributed by atoms with E-state index in [1.807, 2.05) is 17.0 Å². The van der Waals surface area contributed by atoms with E-state index in [1.165, 1.54) is 12.5 Å². The van der Waals surface area contributed by atoms with Gasteiger partial charge in [0.1, 0.15) is 0 Å². The molecule has 2 N–H and O–H groups in total. The third kappa shape index (κ3) is 4.96. The number of carbonyl (C=O) groups is 2. The van der Waals surface area contributed by atoms with E-state index in [9.17, 15) is 9.59 Å². The number of hydrogen-bond acceptors (Lipinski definition) is 3. The van der Waals surface area contributed by atoms with Gasteiger partial charge in [-0.3, -0.25) is 9.69 Å². The van der Waals surface area contributed by atoms with Crippen molar-refractivity contribution in [1.82, 2.24) is 15.1 Å². The Morgan fingerprint density at radius 1 is 1.08 bits per heavy atom. The number of urea groups is 1. The molecule has 0 spiro atoms. The Hall–Kier alpha value is -2.08. The van der Waals surface area contributed by atoms with Crippen molar-refractivity contribution in [1.29, 1.82) is 0 Å². The van der Waals surface area contributed by atoms with Gasteiger partial charge in [0.05, 0.1) is 0 Å². The molecular weight excluding hydrogens is 304 g/mol. The molecular formula is C18H26N4O2. The SMILES string of the molecule is CC(=O)Nc1ccc(CCN2CCN(C(=O)NC3CC3)CC2)cc1. The normalized spacial score (nSPS) is 18.3. The van der Waals surface area contributed by atoms with Crippen molar-refractivity contribution in [3.05, 3.63) is 29.8 Å². The summed E-state index contributed by atoms with van der Waals surface area (Å²) in [5.74, 6) is -0.0497. The molecule has 0 aromatic heterocycles. The van der Waals surface area contributed by atoms with E-state index in [4.69, 9.17) is 0 Å². The lowest BCUT2D eigenvalue weighted by Crippen LogP contribution is -2.52. The number of benzene rings is 1. The average molecular weight is 330 g/mol. The second kappa shape index (κ2) is 7.66. The number of amides is 3. The number of carbonyl (C=O) groups excluding carboxylic acids is 2. The molecule has 24 heavy (non-hydrogen) atoms. The molecule has 3 rings (SSSR count).